The summed E-state index contributed by atoms with van der Waals surface area (Å²) >= 11 is 0. The second-order valence-corrected chi connectivity index (χ2v) is 11.9. The van der Waals surface area contributed by atoms with Crippen molar-refractivity contribution in [2.75, 3.05) is 39.3 Å². The first kappa shape index (κ1) is 22.0. The van der Waals surface area contributed by atoms with Crippen LogP contribution < -0.4 is 13.9 Å². The quantitative estimate of drug-likeness (QED) is 0.730. The minimum atomic E-state index is -3.79. The topological polar surface area (TPSA) is 86.8 Å². The maximum atomic E-state index is 13.0. The molecule has 2 aliphatic rings. The lowest BCUT2D eigenvalue weighted by Gasteiger charge is -2.29. The summed E-state index contributed by atoms with van der Waals surface area (Å²) in [5.74, 6) is 0.126. The van der Waals surface area contributed by atoms with Crippen LogP contribution in [0.25, 0.3) is 0 Å². The monoisotopic (exact) mass is 463 g/mol. The number of hydrogen-bond acceptors (Lipinski definition) is 5. The Balaban J connectivity index is 1.52. The van der Waals surface area contributed by atoms with Crippen molar-refractivity contribution >= 4 is 37.1 Å². The predicted molar refractivity (Wildman–Crippen MR) is 125 cm³/mol. The number of hydrogen-bond donors (Lipinski definition) is 1. The number of sulfonamides is 2. The van der Waals surface area contributed by atoms with E-state index in [2.05, 4.69) is 9.62 Å². The summed E-state index contributed by atoms with van der Waals surface area (Å²) in [5.41, 5.74) is 2.63. The first-order valence-corrected chi connectivity index (χ1v) is 13.8. The van der Waals surface area contributed by atoms with Crippen LogP contribution in [0.3, 0.4) is 0 Å². The zero-order valence-corrected chi connectivity index (χ0v) is 19.4. The molecule has 2 aromatic carbocycles. The van der Waals surface area contributed by atoms with Gasteiger partial charge in [-0.25, -0.2) is 16.8 Å². The van der Waals surface area contributed by atoms with Gasteiger partial charge in [0.05, 0.1) is 16.3 Å². The SMILES string of the molecule is Cc1cc(N2CCCCS2(=O)=O)ccc1S(=O)(=O)Nc1ccc(N2CCCCC2)cc1. The van der Waals surface area contributed by atoms with Gasteiger partial charge in [-0.1, -0.05) is 0 Å². The van der Waals surface area contributed by atoms with E-state index in [1.807, 2.05) is 12.1 Å². The second-order valence-electron chi connectivity index (χ2n) is 8.25. The van der Waals surface area contributed by atoms with E-state index in [0.29, 0.717) is 29.9 Å². The molecule has 7 nitrogen and oxygen atoms in total. The van der Waals surface area contributed by atoms with Crippen LogP contribution in [-0.2, 0) is 20.0 Å². The van der Waals surface area contributed by atoms with Crippen LogP contribution in [0, 0.1) is 6.92 Å². The zero-order chi connectivity index (χ0) is 22.1. The number of anilines is 3. The van der Waals surface area contributed by atoms with Crippen molar-refractivity contribution in [1.82, 2.24) is 0 Å². The highest BCUT2D eigenvalue weighted by Gasteiger charge is 2.27. The predicted octanol–water partition coefficient (Wildman–Crippen LogP) is 3.72. The summed E-state index contributed by atoms with van der Waals surface area (Å²) in [4.78, 5) is 2.46. The van der Waals surface area contributed by atoms with Gasteiger partial charge < -0.3 is 4.90 Å². The Morgan fingerprint density at radius 1 is 0.839 bits per heavy atom. The van der Waals surface area contributed by atoms with Crippen molar-refractivity contribution in [2.24, 2.45) is 0 Å². The fourth-order valence-corrected chi connectivity index (χ4v) is 7.19. The number of benzene rings is 2. The van der Waals surface area contributed by atoms with Gasteiger partial charge in [-0.05, 0) is 87.1 Å². The molecule has 168 valence electrons. The lowest BCUT2D eigenvalue weighted by Crippen LogP contribution is -2.37. The van der Waals surface area contributed by atoms with Gasteiger partial charge in [0.2, 0.25) is 10.0 Å². The van der Waals surface area contributed by atoms with Crippen LogP contribution >= 0.6 is 0 Å². The molecule has 0 bridgehead atoms. The highest BCUT2D eigenvalue weighted by atomic mass is 32.2. The van der Waals surface area contributed by atoms with Crippen LogP contribution in [0.15, 0.2) is 47.4 Å². The van der Waals surface area contributed by atoms with Gasteiger partial charge >= 0.3 is 0 Å². The van der Waals surface area contributed by atoms with Crippen LogP contribution in [0.1, 0.15) is 37.7 Å². The highest BCUT2D eigenvalue weighted by molar-refractivity contribution is 7.93. The number of nitrogens with zero attached hydrogens (tertiary/aromatic N) is 2. The molecule has 2 fully saturated rings. The Kier molecular flexibility index (Phi) is 6.16. The highest BCUT2D eigenvalue weighted by Crippen LogP contribution is 2.29. The third-order valence-corrected chi connectivity index (χ3v) is 9.34. The molecule has 2 aromatic rings. The Morgan fingerprint density at radius 2 is 1.48 bits per heavy atom. The first-order valence-electron chi connectivity index (χ1n) is 10.8. The van der Waals surface area contributed by atoms with Gasteiger partial charge in [-0.15, -0.1) is 0 Å². The number of nitrogens with one attached hydrogen (secondary N) is 1. The Hall–Kier alpha value is -2.26. The van der Waals surface area contributed by atoms with E-state index < -0.39 is 20.0 Å². The molecule has 0 amide bonds. The van der Waals surface area contributed by atoms with E-state index in [-0.39, 0.29) is 10.6 Å². The van der Waals surface area contributed by atoms with Crippen LogP contribution in [-0.4, -0.2) is 42.2 Å². The third-order valence-electron chi connectivity index (χ3n) is 5.93. The summed E-state index contributed by atoms with van der Waals surface area (Å²) in [5, 5.41) is 0. The molecule has 4 rings (SSSR count). The van der Waals surface area contributed by atoms with E-state index in [0.717, 1.165) is 25.2 Å². The molecule has 9 heteroatoms. The van der Waals surface area contributed by atoms with Gasteiger partial charge in [0.15, 0.2) is 0 Å². The van der Waals surface area contributed by atoms with Gasteiger partial charge in [-0.3, -0.25) is 9.03 Å². The number of aryl methyl sites for hydroxylation is 1. The largest absolute Gasteiger partial charge is 0.372 e. The van der Waals surface area contributed by atoms with Crippen LogP contribution in [0.2, 0.25) is 0 Å². The zero-order valence-electron chi connectivity index (χ0n) is 17.7. The molecule has 0 saturated carbocycles. The summed E-state index contributed by atoms with van der Waals surface area (Å²) in [6.45, 7) is 4.18. The summed E-state index contributed by atoms with van der Waals surface area (Å²) in [6.07, 6.45) is 5.08. The molecule has 0 aromatic heterocycles. The summed E-state index contributed by atoms with van der Waals surface area (Å²) in [7, 11) is -7.13. The maximum Gasteiger partial charge on any atom is 0.262 e. The van der Waals surface area contributed by atoms with Crippen molar-refractivity contribution in [3.8, 4) is 0 Å². The molecule has 2 saturated heterocycles. The minimum absolute atomic E-state index is 0.126. The Labute approximate surface area is 185 Å². The Bertz CT molecular complexity index is 1140. The van der Waals surface area contributed by atoms with Crippen molar-refractivity contribution < 1.29 is 16.8 Å². The third kappa shape index (κ3) is 4.82. The Morgan fingerprint density at radius 3 is 2.13 bits per heavy atom. The second kappa shape index (κ2) is 8.70. The lowest BCUT2D eigenvalue weighted by molar-refractivity contribution is 0.574. The van der Waals surface area contributed by atoms with Gasteiger partial charge in [0.1, 0.15) is 0 Å². The molecule has 0 aliphatic carbocycles. The van der Waals surface area contributed by atoms with Gasteiger partial charge in [0, 0.05) is 31.0 Å². The number of rotatable bonds is 5. The van der Waals surface area contributed by atoms with E-state index in [9.17, 15) is 16.8 Å². The molecule has 0 radical (unpaired) electrons. The molecular weight excluding hydrogens is 434 g/mol. The van der Waals surface area contributed by atoms with E-state index in [1.54, 1.807) is 31.2 Å². The minimum Gasteiger partial charge on any atom is -0.372 e. The van der Waals surface area contributed by atoms with Gasteiger partial charge in [-0.2, -0.15) is 0 Å². The summed E-state index contributed by atoms with van der Waals surface area (Å²) in [6, 6.07) is 12.2. The van der Waals surface area contributed by atoms with E-state index in [1.165, 1.54) is 29.6 Å². The first-order chi connectivity index (χ1) is 14.8. The van der Waals surface area contributed by atoms with E-state index >= 15 is 0 Å². The molecule has 2 aliphatic heterocycles. The molecule has 2 heterocycles. The average Bonchev–Trinajstić information content (AvgIpc) is 2.74. The van der Waals surface area contributed by atoms with Crippen LogP contribution in [0.4, 0.5) is 17.1 Å². The molecule has 31 heavy (non-hydrogen) atoms. The van der Waals surface area contributed by atoms with Crippen LogP contribution in [0.5, 0.6) is 0 Å². The molecule has 0 atom stereocenters. The molecule has 0 unspecified atom stereocenters. The van der Waals surface area contributed by atoms with Crippen molar-refractivity contribution in [3.63, 3.8) is 0 Å². The normalized spacial score (nSPS) is 19.3. The standard InChI is InChI=1S/C22H29N3O4S2/c1-18-17-21(25-15-5-6-16-30(25,26)27)11-12-22(18)31(28,29)23-19-7-9-20(10-8-19)24-13-3-2-4-14-24/h7-12,17,23H,2-6,13-16H2,1H3. The lowest BCUT2D eigenvalue weighted by atomic mass is 10.1. The fraction of sp³-hybridized carbons (Fsp3) is 0.455. The van der Waals surface area contributed by atoms with E-state index in [4.69, 9.17) is 0 Å². The summed E-state index contributed by atoms with van der Waals surface area (Å²) < 4.78 is 54.7. The molecule has 0 spiro atoms. The van der Waals surface area contributed by atoms with Crippen molar-refractivity contribution in [3.05, 3.63) is 48.0 Å². The van der Waals surface area contributed by atoms with Crippen molar-refractivity contribution in [2.45, 2.75) is 43.9 Å². The van der Waals surface area contributed by atoms with Crippen molar-refractivity contribution in [1.29, 1.82) is 0 Å². The maximum absolute atomic E-state index is 13.0. The molecular formula is C22H29N3O4S2. The number of piperidine rings is 1. The van der Waals surface area contributed by atoms with Gasteiger partial charge in [0.25, 0.3) is 10.0 Å². The smallest absolute Gasteiger partial charge is 0.262 e. The molecule has 1 N–H and O–H groups in total. The fourth-order valence-electron chi connectivity index (χ4n) is 4.27. The average molecular weight is 464 g/mol.